The standard InChI is InChI=1S/C18H21N7O2/c1-23(2)17(26)13-24-12-16(21-22-24)18(27)19-10-8-14-4-6-15(7-5-14)25-11-3-9-20-25/h3-7,9,11-12H,8,10,13H2,1-2H3,(H,19,27). The molecule has 0 aliphatic heterocycles. The van der Waals surface area contributed by atoms with E-state index in [1.807, 2.05) is 36.5 Å². The zero-order valence-electron chi connectivity index (χ0n) is 15.2. The van der Waals surface area contributed by atoms with Crippen LogP contribution in [-0.2, 0) is 17.8 Å². The zero-order valence-corrected chi connectivity index (χ0v) is 15.2. The summed E-state index contributed by atoms with van der Waals surface area (Å²) in [6, 6.07) is 9.85. The Labute approximate surface area is 156 Å². The third kappa shape index (κ3) is 4.78. The number of amides is 2. The molecule has 140 valence electrons. The molecule has 2 amide bonds. The average molecular weight is 367 g/mol. The molecule has 0 aliphatic carbocycles. The predicted molar refractivity (Wildman–Crippen MR) is 98.3 cm³/mol. The summed E-state index contributed by atoms with van der Waals surface area (Å²) in [7, 11) is 3.32. The predicted octanol–water partition coefficient (Wildman–Crippen LogP) is 0.524. The van der Waals surface area contributed by atoms with E-state index >= 15 is 0 Å². The van der Waals surface area contributed by atoms with Gasteiger partial charge >= 0.3 is 0 Å². The minimum atomic E-state index is -0.313. The fourth-order valence-electron chi connectivity index (χ4n) is 2.41. The van der Waals surface area contributed by atoms with Gasteiger partial charge in [-0.25, -0.2) is 9.36 Å². The van der Waals surface area contributed by atoms with Crippen LogP contribution in [0.2, 0.25) is 0 Å². The molecule has 0 atom stereocenters. The van der Waals surface area contributed by atoms with Crippen LogP contribution in [-0.4, -0.2) is 62.1 Å². The third-order valence-electron chi connectivity index (χ3n) is 3.97. The van der Waals surface area contributed by atoms with Crippen LogP contribution in [0.25, 0.3) is 5.69 Å². The number of carbonyl (C=O) groups is 2. The molecule has 9 heteroatoms. The lowest BCUT2D eigenvalue weighted by molar-refractivity contribution is -0.129. The van der Waals surface area contributed by atoms with Crippen molar-refractivity contribution in [2.75, 3.05) is 20.6 Å². The van der Waals surface area contributed by atoms with Gasteiger partial charge in [0.2, 0.25) is 5.91 Å². The van der Waals surface area contributed by atoms with Crippen LogP contribution < -0.4 is 5.32 Å². The maximum absolute atomic E-state index is 12.1. The van der Waals surface area contributed by atoms with Gasteiger partial charge in [0.25, 0.3) is 5.91 Å². The summed E-state index contributed by atoms with van der Waals surface area (Å²) in [5, 5.41) is 14.6. The van der Waals surface area contributed by atoms with Gasteiger partial charge in [-0.15, -0.1) is 5.10 Å². The molecule has 0 bridgehead atoms. The molecule has 3 rings (SSSR count). The Balaban J connectivity index is 1.48. The second-order valence-corrected chi connectivity index (χ2v) is 6.21. The Kier molecular flexibility index (Phi) is 5.60. The van der Waals surface area contributed by atoms with Gasteiger partial charge in [0.1, 0.15) is 6.54 Å². The van der Waals surface area contributed by atoms with Crippen molar-refractivity contribution < 1.29 is 9.59 Å². The van der Waals surface area contributed by atoms with E-state index in [4.69, 9.17) is 0 Å². The van der Waals surface area contributed by atoms with E-state index in [1.54, 1.807) is 25.0 Å². The number of likely N-dealkylation sites (N-methyl/N-ethyl adjacent to an activating group) is 1. The lowest BCUT2D eigenvalue weighted by Gasteiger charge is -2.08. The highest BCUT2D eigenvalue weighted by Gasteiger charge is 2.12. The Morgan fingerprint density at radius 1 is 1.19 bits per heavy atom. The molecule has 0 unspecified atom stereocenters. The molecular weight excluding hydrogens is 346 g/mol. The SMILES string of the molecule is CN(C)C(=O)Cn1cc(C(=O)NCCc2ccc(-n3cccn3)cc2)nn1. The monoisotopic (exact) mass is 367 g/mol. The molecule has 0 saturated heterocycles. The average Bonchev–Trinajstić information content (AvgIpc) is 3.34. The summed E-state index contributed by atoms with van der Waals surface area (Å²) >= 11 is 0. The first kappa shape index (κ1) is 18.3. The molecule has 0 spiro atoms. The van der Waals surface area contributed by atoms with Crippen LogP contribution in [0.5, 0.6) is 0 Å². The molecule has 1 aromatic carbocycles. The van der Waals surface area contributed by atoms with E-state index in [0.29, 0.717) is 13.0 Å². The summed E-state index contributed by atoms with van der Waals surface area (Å²) in [5.74, 6) is -0.433. The van der Waals surface area contributed by atoms with Crippen LogP contribution in [0.4, 0.5) is 0 Å². The molecule has 3 aromatic rings. The van der Waals surface area contributed by atoms with Crippen molar-refractivity contribution in [1.29, 1.82) is 0 Å². The summed E-state index contributed by atoms with van der Waals surface area (Å²) < 4.78 is 3.14. The summed E-state index contributed by atoms with van der Waals surface area (Å²) in [4.78, 5) is 25.3. The summed E-state index contributed by atoms with van der Waals surface area (Å²) in [6.45, 7) is 0.527. The lowest BCUT2D eigenvalue weighted by atomic mass is 10.1. The normalized spacial score (nSPS) is 10.6. The fraction of sp³-hybridized carbons (Fsp3) is 0.278. The van der Waals surface area contributed by atoms with Gasteiger partial charge in [-0.2, -0.15) is 5.10 Å². The van der Waals surface area contributed by atoms with Gasteiger partial charge in [0, 0.05) is 33.0 Å². The van der Waals surface area contributed by atoms with Crippen molar-refractivity contribution in [3.05, 3.63) is 60.2 Å². The molecule has 0 aliphatic rings. The van der Waals surface area contributed by atoms with Gasteiger partial charge in [-0.1, -0.05) is 17.3 Å². The Morgan fingerprint density at radius 3 is 2.63 bits per heavy atom. The molecule has 0 fully saturated rings. The smallest absolute Gasteiger partial charge is 0.273 e. The highest BCUT2D eigenvalue weighted by Crippen LogP contribution is 2.09. The first-order chi connectivity index (χ1) is 13.0. The Bertz CT molecular complexity index is 898. The molecule has 1 N–H and O–H groups in total. The number of hydrogen-bond acceptors (Lipinski definition) is 5. The van der Waals surface area contributed by atoms with E-state index in [1.165, 1.54) is 15.8 Å². The van der Waals surface area contributed by atoms with E-state index in [-0.39, 0.29) is 24.1 Å². The van der Waals surface area contributed by atoms with Crippen molar-refractivity contribution in [3.8, 4) is 5.69 Å². The van der Waals surface area contributed by atoms with Gasteiger partial charge in [-0.3, -0.25) is 9.59 Å². The lowest BCUT2D eigenvalue weighted by Crippen LogP contribution is -2.27. The topological polar surface area (TPSA) is 97.9 Å². The van der Waals surface area contributed by atoms with Crippen LogP contribution in [0.3, 0.4) is 0 Å². The second-order valence-electron chi connectivity index (χ2n) is 6.21. The van der Waals surface area contributed by atoms with Gasteiger partial charge in [0.15, 0.2) is 5.69 Å². The van der Waals surface area contributed by atoms with Gasteiger partial charge in [-0.05, 0) is 30.2 Å². The molecule has 27 heavy (non-hydrogen) atoms. The van der Waals surface area contributed by atoms with Crippen molar-refractivity contribution in [1.82, 2.24) is 35.0 Å². The van der Waals surface area contributed by atoms with E-state index < -0.39 is 0 Å². The molecular formula is C18H21N7O2. The number of carbonyl (C=O) groups excluding carboxylic acids is 2. The van der Waals surface area contributed by atoms with Crippen LogP contribution in [0.15, 0.2) is 48.9 Å². The van der Waals surface area contributed by atoms with Crippen LogP contribution >= 0.6 is 0 Å². The summed E-state index contributed by atoms with van der Waals surface area (Å²) in [6.07, 6.45) is 5.78. The molecule has 2 heterocycles. The third-order valence-corrected chi connectivity index (χ3v) is 3.97. The maximum Gasteiger partial charge on any atom is 0.273 e. The molecule has 0 saturated carbocycles. The zero-order chi connectivity index (χ0) is 19.2. The minimum absolute atomic E-state index is 0.0515. The molecule has 9 nitrogen and oxygen atoms in total. The first-order valence-corrected chi connectivity index (χ1v) is 8.50. The number of aromatic nitrogens is 5. The van der Waals surface area contributed by atoms with Crippen molar-refractivity contribution >= 4 is 11.8 Å². The molecule has 0 radical (unpaired) electrons. The van der Waals surface area contributed by atoms with E-state index in [2.05, 4.69) is 20.7 Å². The van der Waals surface area contributed by atoms with Gasteiger partial charge < -0.3 is 10.2 Å². The minimum Gasteiger partial charge on any atom is -0.350 e. The highest BCUT2D eigenvalue weighted by atomic mass is 16.2. The second kappa shape index (κ2) is 8.26. The highest BCUT2D eigenvalue weighted by molar-refractivity contribution is 5.91. The van der Waals surface area contributed by atoms with Crippen molar-refractivity contribution in [3.63, 3.8) is 0 Å². The number of nitrogens with one attached hydrogen (secondary N) is 1. The fourth-order valence-corrected chi connectivity index (χ4v) is 2.41. The van der Waals surface area contributed by atoms with E-state index in [9.17, 15) is 9.59 Å². The van der Waals surface area contributed by atoms with E-state index in [0.717, 1.165) is 11.3 Å². The number of benzene rings is 1. The molecule has 2 aromatic heterocycles. The van der Waals surface area contributed by atoms with Crippen molar-refractivity contribution in [2.45, 2.75) is 13.0 Å². The number of nitrogens with zero attached hydrogens (tertiary/aromatic N) is 6. The summed E-state index contributed by atoms with van der Waals surface area (Å²) in [5.41, 5.74) is 2.28. The maximum atomic E-state index is 12.1. The Morgan fingerprint density at radius 2 is 1.96 bits per heavy atom. The first-order valence-electron chi connectivity index (χ1n) is 8.50. The van der Waals surface area contributed by atoms with Crippen LogP contribution in [0, 0.1) is 0 Å². The van der Waals surface area contributed by atoms with Gasteiger partial charge in [0.05, 0.1) is 11.9 Å². The Hall–Kier alpha value is -3.49. The number of rotatable bonds is 7. The largest absolute Gasteiger partial charge is 0.350 e. The van der Waals surface area contributed by atoms with Crippen LogP contribution in [0.1, 0.15) is 16.1 Å². The quantitative estimate of drug-likeness (QED) is 0.657. The van der Waals surface area contributed by atoms with Crippen molar-refractivity contribution in [2.24, 2.45) is 0 Å². The number of hydrogen-bond donors (Lipinski definition) is 1.